The van der Waals surface area contributed by atoms with E-state index in [1.807, 2.05) is 6.92 Å². The van der Waals surface area contributed by atoms with Crippen molar-refractivity contribution in [3.63, 3.8) is 0 Å². The summed E-state index contributed by atoms with van der Waals surface area (Å²) >= 11 is 6.05. The fourth-order valence-corrected chi connectivity index (χ4v) is 4.51. The smallest absolute Gasteiger partial charge is 0.150 e. The van der Waals surface area contributed by atoms with Crippen molar-refractivity contribution < 1.29 is 8.42 Å². The third kappa shape index (κ3) is 4.25. The van der Waals surface area contributed by atoms with E-state index in [0.717, 1.165) is 25.7 Å². The van der Waals surface area contributed by atoms with Gasteiger partial charge in [0.05, 0.1) is 5.75 Å². The topological polar surface area (TPSA) is 34.1 Å². The van der Waals surface area contributed by atoms with Crippen LogP contribution in [0.25, 0.3) is 0 Å². The summed E-state index contributed by atoms with van der Waals surface area (Å²) in [7, 11) is -2.84. The predicted molar refractivity (Wildman–Crippen MR) is 69.8 cm³/mol. The molecule has 0 aromatic carbocycles. The summed E-state index contributed by atoms with van der Waals surface area (Å²) in [5.41, 5.74) is 0.112. The first-order valence-electron chi connectivity index (χ1n) is 6.30. The highest BCUT2D eigenvalue weighted by Crippen LogP contribution is 2.40. The lowest BCUT2D eigenvalue weighted by Gasteiger charge is -2.35. The normalized spacial score (nSPS) is 20.9. The summed E-state index contributed by atoms with van der Waals surface area (Å²) in [5.74, 6) is 1.27. The van der Waals surface area contributed by atoms with Crippen LogP contribution in [0.1, 0.15) is 51.9 Å². The predicted octanol–water partition coefficient (Wildman–Crippen LogP) is 3.39. The zero-order valence-electron chi connectivity index (χ0n) is 10.2. The number of hydrogen-bond donors (Lipinski definition) is 0. The maximum absolute atomic E-state index is 11.7. The van der Waals surface area contributed by atoms with Gasteiger partial charge in [-0.3, -0.25) is 0 Å². The summed E-state index contributed by atoms with van der Waals surface area (Å²) in [6, 6.07) is 0. The van der Waals surface area contributed by atoms with Crippen LogP contribution in [0.4, 0.5) is 0 Å². The summed E-state index contributed by atoms with van der Waals surface area (Å²) in [4.78, 5) is 0. The molecule has 0 atom stereocenters. The van der Waals surface area contributed by atoms with E-state index in [1.165, 1.54) is 19.3 Å². The van der Waals surface area contributed by atoms with Crippen LogP contribution in [0.2, 0.25) is 0 Å². The Balaban J connectivity index is 2.50. The Morgan fingerprint density at radius 1 is 1.12 bits per heavy atom. The van der Waals surface area contributed by atoms with Gasteiger partial charge < -0.3 is 0 Å². The van der Waals surface area contributed by atoms with Gasteiger partial charge in [-0.2, -0.15) is 0 Å². The Labute approximate surface area is 105 Å². The van der Waals surface area contributed by atoms with Crippen molar-refractivity contribution in [2.75, 3.05) is 17.4 Å². The van der Waals surface area contributed by atoms with Crippen molar-refractivity contribution in [1.29, 1.82) is 0 Å². The van der Waals surface area contributed by atoms with Crippen LogP contribution in [0.3, 0.4) is 0 Å². The van der Waals surface area contributed by atoms with Gasteiger partial charge >= 0.3 is 0 Å². The average molecular weight is 267 g/mol. The van der Waals surface area contributed by atoms with Crippen LogP contribution in [-0.4, -0.2) is 25.8 Å². The number of rotatable bonds is 6. The molecule has 0 N–H and O–H groups in total. The van der Waals surface area contributed by atoms with Gasteiger partial charge in [0.15, 0.2) is 0 Å². The van der Waals surface area contributed by atoms with Gasteiger partial charge in [0.25, 0.3) is 0 Å². The van der Waals surface area contributed by atoms with Crippen LogP contribution in [0.5, 0.6) is 0 Å². The lowest BCUT2D eigenvalue weighted by atomic mass is 9.74. The van der Waals surface area contributed by atoms with Crippen molar-refractivity contribution in [2.45, 2.75) is 51.9 Å². The second-order valence-electron chi connectivity index (χ2n) is 5.10. The Hall–Kier alpha value is 0.240. The van der Waals surface area contributed by atoms with Gasteiger partial charge in [0.2, 0.25) is 0 Å². The van der Waals surface area contributed by atoms with E-state index >= 15 is 0 Å². The van der Waals surface area contributed by atoms with Gasteiger partial charge in [-0.1, -0.05) is 26.2 Å². The third-order valence-electron chi connectivity index (χ3n) is 3.66. The van der Waals surface area contributed by atoms with Gasteiger partial charge in [-0.15, -0.1) is 11.6 Å². The maximum atomic E-state index is 11.7. The van der Waals surface area contributed by atoms with Crippen molar-refractivity contribution in [3.8, 4) is 0 Å². The summed E-state index contributed by atoms with van der Waals surface area (Å²) < 4.78 is 23.4. The summed E-state index contributed by atoms with van der Waals surface area (Å²) in [6.45, 7) is 1.91. The molecule has 0 saturated heterocycles. The molecule has 0 radical (unpaired) electrons. The Bertz CT molecular complexity index is 292. The molecule has 96 valence electrons. The van der Waals surface area contributed by atoms with E-state index in [0.29, 0.717) is 17.4 Å². The van der Waals surface area contributed by atoms with Crippen molar-refractivity contribution in [2.24, 2.45) is 5.41 Å². The highest BCUT2D eigenvalue weighted by atomic mass is 35.5. The molecule has 16 heavy (non-hydrogen) atoms. The van der Waals surface area contributed by atoms with E-state index < -0.39 is 9.84 Å². The molecule has 1 aliphatic rings. The van der Waals surface area contributed by atoms with Gasteiger partial charge in [0.1, 0.15) is 9.84 Å². The van der Waals surface area contributed by atoms with Gasteiger partial charge in [-0.25, -0.2) is 8.42 Å². The zero-order valence-corrected chi connectivity index (χ0v) is 11.7. The number of sulfone groups is 1. The van der Waals surface area contributed by atoms with E-state index in [4.69, 9.17) is 11.6 Å². The molecule has 0 aliphatic heterocycles. The van der Waals surface area contributed by atoms with E-state index in [9.17, 15) is 8.42 Å². The van der Waals surface area contributed by atoms with Crippen LogP contribution in [0.15, 0.2) is 0 Å². The second kappa shape index (κ2) is 6.25. The molecule has 1 saturated carbocycles. The molecular formula is C12H23ClO2S. The van der Waals surface area contributed by atoms with Crippen LogP contribution >= 0.6 is 11.6 Å². The molecule has 1 rings (SSSR count). The Morgan fingerprint density at radius 2 is 1.75 bits per heavy atom. The molecule has 0 heterocycles. The van der Waals surface area contributed by atoms with E-state index in [-0.39, 0.29) is 5.41 Å². The molecule has 0 aromatic heterocycles. The first-order chi connectivity index (χ1) is 7.54. The van der Waals surface area contributed by atoms with E-state index in [1.54, 1.807) is 0 Å². The Kier molecular flexibility index (Phi) is 5.58. The lowest BCUT2D eigenvalue weighted by molar-refractivity contribution is 0.213. The molecule has 0 bridgehead atoms. The average Bonchev–Trinajstić information content (AvgIpc) is 2.28. The quantitative estimate of drug-likeness (QED) is 0.691. The number of alkyl halides is 1. The molecule has 1 aliphatic carbocycles. The molecule has 0 unspecified atom stereocenters. The lowest BCUT2D eigenvalue weighted by Crippen LogP contribution is -2.29. The maximum Gasteiger partial charge on any atom is 0.150 e. The third-order valence-corrected chi connectivity index (χ3v) is 6.08. The summed E-state index contributed by atoms with van der Waals surface area (Å²) in [5, 5.41) is 0. The molecule has 1 fully saturated rings. The Morgan fingerprint density at radius 3 is 2.25 bits per heavy atom. The summed E-state index contributed by atoms with van der Waals surface area (Å²) in [6.07, 6.45) is 7.40. The fourth-order valence-electron chi connectivity index (χ4n) is 2.54. The number of halogens is 1. The molecule has 4 heteroatoms. The minimum absolute atomic E-state index is 0.112. The standard InChI is InChI=1S/C12H23ClO2S/c1-2-9-16(14,15)10-8-12(11-13)6-4-3-5-7-12/h2-11H2,1H3. The van der Waals surface area contributed by atoms with Crippen LogP contribution in [0, 0.1) is 5.41 Å². The largest absolute Gasteiger partial charge is 0.229 e. The highest BCUT2D eigenvalue weighted by Gasteiger charge is 2.32. The van der Waals surface area contributed by atoms with Crippen molar-refractivity contribution in [1.82, 2.24) is 0 Å². The first kappa shape index (κ1) is 14.3. The fraction of sp³-hybridized carbons (Fsp3) is 1.00. The SMILES string of the molecule is CCCS(=O)(=O)CCC1(CCl)CCCCC1. The van der Waals surface area contributed by atoms with Gasteiger partial charge in [-0.05, 0) is 31.1 Å². The van der Waals surface area contributed by atoms with Crippen molar-refractivity contribution in [3.05, 3.63) is 0 Å². The molecule has 2 nitrogen and oxygen atoms in total. The number of hydrogen-bond acceptors (Lipinski definition) is 2. The highest BCUT2D eigenvalue weighted by molar-refractivity contribution is 7.91. The first-order valence-corrected chi connectivity index (χ1v) is 8.66. The molecule has 0 spiro atoms. The molecular weight excluding hydrogens is 244 g/mol. The minimum Gasteiger partial charge on any atom is -0.229 e. The zero-order chi connectivity index (χ0) is 12.1. The van der Waals surface area contributed by atoms with E-state index in [2.05, 4.69) is 0 Å². The van der Waals surface area contributed by atoms with Crippen LogP contribution < -0.4 is 0 Å². The van der Waals surface area contributed by atoms with Crippen molar-refractivity contribution >= 4 is 21.4 Å². The van der Waals surface area contributed by atoms with Crippen LogP contribution in [-0.2, 0) is 9.84 Å². The monoisotopic (exact) mass is 266 g/mol. The van der Waals surface area contributed by atoms with Gasteiger partial charge in [0, 0.05) is 11.6 Å². The molecule has 0 amide bonds. The molecule has 0 aromatic rings. The minimum atomic E-state index is -2.84. The second-order valence-corrected chi connectivity index (χ2v) is 7.67.